The molecule has 0 aliphatic heterocycles. The smallest absolute Gasteiger partial charge is 0.264 e. The van der Waals surface area contributed by atoms with Crippen LogP contribution in [0, 0.1) is 0 Å². The van der Waals surface area contributed by atoms with Gasteiger partial charge in [0, 0.05) is 22.6 Å². The van der Waals surface area contributed by atoms with E-state index in [4.69, 9.17) is 23.2 Å². The first-order chi connectivity index (χ1) is 19.3. The Morgan fingerprint density at radius 3 is 2.10 bits per heavy atom. The van der Waals surface area contributed by atoms with E-state index in [-0.39, 0.29) is 29.3 Å². The highest BCUT2D eigenvalue weighted by molar-refractivity contribution is 7.92. The first-order valence-corrected chi connectivity index (χ1v) is 15.8. The zero-order valence-electron chi connectivity index (χ0n) is 24.0. The van der Waals surface area contributed by atoms with Gasteiger partial charge in [0.1, 0.15) is 12.6 Å². The predicted molar refractivity (Wildman–Crippen MR) is 166 cm³/mol. The topological polar surface area (TPSA) is 86.8 Å². The number of hydrogen-bond donors (Lipinski definition) is 1. The Kier molecular flexibility index (Phi) is 11.2. The minimum absolute atomic E-state index is 0.0184. The molecule has 2 amide bonds. The number of nitrogens with one attached hydrogen (secondary N) is 1. The molecule has 0 heterocycles. The second-order valence-corrected chi connectivity index (χ2v) is 13.0. The number of anilines is 1. The molecular weight excluding hydrogens is 581 g/mol. The third kappa shape index (κ3) is 8.24. The number of nitrogens with zero attached hydrogens (tertiary/aromatic N) is 2. The number of sulfonamides is 1. The summed E-state index contributed by atoms with van der Waals surface area (Å²) in [4.78, 5) is 28.6. The number of carbonyl (C=O) groups is 2. The zero-order valence-corrected chi connectivity index (χ0v) is 26.3. The van der Waals surface area contributed by atoms with Crippen molar-refractivity contribution in [1.29, 1.82) is 0 Å². The molecule has 0 aromatic heterocycles. The van der Waals surface area contributed by atoms with Crippen molar-refractivity contribution in [2.24, 2.45) is 0 Å². The zero-order chi connectivity index (χ0) is 30.3. The van der Waals surface area contributed by atoms with Crippen LogP contribution < -0.4 is 9.62 Å². The van der Waals surface area contributed by atoms with Crippen LogP contribution in [-0.2, 0) is 26.2 Å². The van der Waals surface area contributed by atoms with E-state index in [9.17, 15) is 18.0 Å². The Balaban J connectivity index is 2.05. The maximum absolute atomic E-state index is 14.0. The normalized spacial score (nSPS) is 13.0. The molecule has 3 rings (SSSR count). The van der Waals surface area contributed by atoms with E-state index in [1.807, 2.05) is 39.8 Å². The second-order valence-electron chi connectivity index (χ2n) is 10.3. The number of benzene rings is 3. The quantitative estimate of drug-likeness (QED) is 0.247. The first-order valence-electron chi connectivity index (χ1n) is 13.6. The highest BCUT2D eigenvalue weighted by Crippen LogP contribution is 2.28. The van der Waals surface area contributed by atoms with Crippen molar-refractivity contribution in [3.63, 3.8) is 0 Å². The third-order valence-corrected chi connectivity index (χ3v) is 9.36. The van der Waals surface area contributed by atoms with Gasteiger partial charge in [0.25, 0.3) is 10.0 Å². The lowest BCUT2D eigenvalue weighted by atomic mass is 10.0. The summed E-state index contributed by atoms with van der Waals surface area (Å²) in [5.41, 5.74) is 1.95. The summed E-state index contributed by atoms with van der Waals surface area (Å²) < 4.78 is 28.9. The fourth-order valence-electron chi connectivity index (χ4n) is 4.16. The highest BCUT2D eigenvalue weighted by Gasteiger charge is 2.33. The number of halogens is 2. The van der Waals surface area contributed by atoms with Crippen LogP contribution in [0.1, 0.15) is 58.1 Å². The Labute approximate surface area is 253 Å². The molecule has 0 spiro atoms. The molecule has 0 bridgehead atoms. The molecule has 0 fully saturated rings. The molecule has 3 aromatic carbocycles. The van der Waals surface area contributed by atoms with Gasteiger partial charge < -0.3 is 10.2 Å². The molecule has 0 saturated carbocycles. The molecule has 10 heteroatoms. The molecule has 220 valence electrons. The molecule has 7 nitrogen and oxygen atoms in total. The molecule has 1 N–H and O–H groups in total. The number of carbonyl (C=O) groups excluding carboxylic acids is 2. The van der Waals surface area contributed by atoms with Gasteiger partial charge in [-0.05, 0) is 73.7 Å². The van der Waals surface area contributed by atoms with E-state index in [1.54, 1.807) is 55.5 Å². The Bertz CT molecular complexity index is 1450. The molecule has 0 aliphatic rings. The van der Waals surface area contributed by atoms with E-state index in [0.717, 1.165) is 9.87 Å². The van der Waals surface area contributed by atoms with Gasteiger partial charge in [-0.2, -0.15) is 0 Å². The summed E-state index contributed by atoms with van der Waals surface area (Å²) in [7, 11) is -4.13. The molecule has 41 heavy (non-hydrogen) atoms. The van der Waals surface area contributed by atoms with Crippen LogP contribution >= 0.6 is 23.2 Å². The van der Waals surface area contributed by atoms with Crippen molar-refractivity contribution < 1.29 is 18.0 Å². The van der Waals surface area contributed by atoms with E-state index in [0.29, 0.717) is 27.7 Å². The Morgan fingerprint density at radius 1 is 0.902 bits per heavy atom. The predicted octanol–water partition coefficient (Wildman–Crippen LogP) is 6.64. The fourth-order valence-corrected chi connectivity index (χ4v) is 6.06. The van der Waals surface area contributed by atoms with E-state index >= 15 is 0 Å². The summed E-state index contributed by atoms with van der Waals surface area (Å²) in [6, 6.07) is 19.0. The minimum atomic E-state index is -4.13. The average Bonchev–Trinajstić information content (AvgIpc) is 2.95. The van der Waals surface area contributed by atoms with Crippen molar-refractivity contribution in [2.75, 3.05) is 10.8 Å². The van der Waals surface area contributed by atoms with Gasteiger partial charge in [-0.3, -0.25) is 13.9 Å². The van der Waals surface area contributed by atoms with Crippen molar-refractivity contribution in [3.8, 4) is 0 Å². The van der Waals surface area contributed by atoms with Gasteiger partial charge in [-0.1, -0.05) is 80.4 Å². The van der Waals surface area contributed by atoms with Crippen LogP contribution in [0.4, 0.5) is 5.69 Å². The molecule has 0 unspecified atom stereocenters. The van der Waals surface area contributed by atoms with Crippen molar-refractivity contribution in [3.05, 3.63) is 94.0 Å². The minimum Gasteiger partial charge on any atom is -0.352 e. The van der Waals surface area contributed by atoms with Gasteiger partial charge in [0.15, 0.2) is 0 Å². The molecule has 2 atom stereocenters. The molecule has 3 aromatic rings. The Morgan fingerprint density at radius 2 is 1.54 bits per heavy atom. The molecular formula is C31H37Cl2N3O4S. The van der Waals surface area contributed by atoms with Crippen molar-refractivity contribution >= 4 is 50.7 Å². The monoisotopic (exact) mass is 617 g/mol. The molecule has 0 saturated heterocycles. The van der Waals surface area contributed by atoms with Crippen LogP contribution in [0.5, 0.6) is 0 Å². The van der Waals surface area contributed by atoms with Crippen LogP contribution in [0.25, 0.3) is 0 Å². The SMILES string of the molecule is CC[C@@H](C)NC(=O)[C@@H](C)N(Cc1ccc(Cl)cc1Cl)C(=O)CN(c1ccc(C(C)C)cc1)S(=O)(=O)c1ccccc1. The van der Waals surface area contributed by atoms with E-state index < -0.39 is 28.5 Å². The van der Waals surface area contributed by atoms with E-state index in [2.05, 4.69) is 5.32 Å². The van der Waals surface area contributed by atoms with Gasteiger partial charge in [-0.15, -0.1) is 0 Å². The standard InChI is InChI=1S/C31H37Cl2N3O4S/c1-6-22(4)34-31(38)23(5)35(19-25-12-15-26(32)18-29(25)33)30(37)20-36(27-16-13-24(14-17-27)21(2)3)41(39,40)28-10-8-7-9-11-28/h7-18,21-23H,6,19-20H2,1-5H3,(H,34,38)/t22-,23-/m1/s1. The van der Waals surface area contributed by atoms with Crippen LogP contribution in [-0.4, -0.2) is 43.8 Å². The summed E-state index contributed by atoms with van der Waals surface area (Å²) in [5.74, 6) is -0.666. The van der Waals surface area contributed by atoms with Gasteiger partial charge in [0.05, 0.1) is 10.6 Å². The number of hydrogen-bond acceptors (Lipinski definition) is 4. The summed E-state index contributed by atoms with van der Waals surface area (Å²) in [6.07, 6.45) is 0.713. The maximum Gasteiger partial charge on any atom is 0.264 e. The van der Waals surface area contributed by atoms with Crippen molar-refractivity contribution in [2.45, 2.75) is 70.5 Å². The van der Waals surface area contributed by atoms with Gasteiger partial charge in [0.2, 0.25) is 11.8 Å². The maximum atomic E-state index is 14.0. The lowest BCUT2D eigenvalue weighted by molar-refractivity contribution is -0.139. The van der Waals surface area contributed by atoms with Gasteiger partial charge in [-0.25, -0.2) is 8.42 Å². The van der Waals surface area contributed by atoms with Crippen molar-refractivity contribution in [1.82, 2.24) is 10.2 Å². The molecule has 0 radical (unpaired) electrons. The largest absolute Gasteiger partial charge is 0.352 e. The number of amides is 2. The lowest BCUT2D eigenvalue weighted by Crippen LogP contribution is -2.52. The van der Waals surface area contributed by atoms with Gasteiger partial charge >= 0.3 is 0 Å². The first kappa shape index (κ1) is 32.4. The Hall–Kier alpha value is -3.07. The second kappa shape index (κ2) is 14.2. The summed E-state index contributed by atoms with van der Waals surface area (Å²) in [5, 5.41) is 3.68. The van der Waals surface area contributed by atoms with Crippen LogP contribution in [0.2, 0.25) is 10.0 Å². The average molecular weight is 619 g/mol. The fraction of sp³-hybridized carbons (Fsp3) is 0.355. The lowest BCUT2D eigenvalue weighted by Gasteiger charge is -2.32. The van der Waals surface area contributed by atoms with E-state index in [1.165, 1.54) is 17.0 Å². The summed E-state index contributed by atoms with van der Waals surface area (Å²) in [6.45, 7) is 8.99. The third-order valence-electron chi connectivity index (χ3n) is 6.98. The molecule has 0 aliphatic carbocycles. The highest BCUT2D eigenvalue weighted by atomic mass is 35.5. The van der Waals surface area contributed by atoms with Crippen LogP contribution in [0.3, 0.4) is 0 Å². The van der Waals surface area contributed by atoms with Crippen LogP contribution in [0.15, 0.2) is 77.7 Å². The summed E-state index contributed by atoms with van der Waals surface area (Å²) >= 11 is 12.5. The number of rotatable bonds is 12.